The lowest BCUT2D eigenvalue weighted by Gasteiger charge is -2.40. The molecule has 0 amide bonds. The van der Waals surface area contributed by atoms with Crippen LogP contribution < -0.4 is 5.32 Å². The molecule has 0 radical (unpaired) electrons. The van der Waals surface area contributed by atoms with Gasteiger partial charge in [-0.05, 0) is 61.8 Å². The second kappa shape index (κ2) is 2.98. The van der Waals surface area contributed by atoms with Gasteiger partial charge in [-0.1, -0.05) is 13.8 Å². The first kappa shape index (κ1) is 9.21. The van der Waals surface area contributed by atoms with Crippen LogP contribution in [0.5, 0.6) is 0 Å². The molecular weight excluding hydrogens is 170 g/mol. The molecule has 1 nitrogen and oxygen atoms in total. The standard InChI is InChI=1S/C13H23N/c1-9(2)10-5-13(6-10)7-11(13)8-14-12-3-4-12/h9-12,14H,3-8H2,1-2H3. The van der Waals surface area contributed by atoms with Crippen LogP contribution in [0.1, 0.15) is 46.0 Å². The van der Waals surface area contributed by atoms with Gasteiger partial charge in [-0.15, -0.1) is 0 Å². The van der Waals surface area contributed by atoms with E-state index < -0.39 is 0 Å². The molecule has 0 heterocycles. The summed E-state index contributed by atoms with van der Waals surface area (Å²) in [6.07, 6.45) is 7.50. The molecule has 1 unspecified atom stereocenters. The fourth-order valence-electron chi connectivity index (χ4n) is 3.27. The Balaban J connectivity index is 1.40. The molecule has 0 aromatic heterocycles. The van der Waals surface area contributed by atoms with Gasteiger partial charge in [0.15, 0.2) is 0 Å². The Morgan fingerprint density at radius 2 is 1.93 bits per heavy atom. The first-order valence-corrected chi connectivity index (χ1v) is 6.43. The topological polar surface area (TPSA) is 12.0 Å². The summed E-state index contributed by atoms with van der Waals surface area (Å²) >= 11 is 0. The van der Waals surface area contributed by atoms with Crippen LogP contribution in [0.15, 0.2) is 0 Å². The SMILES string of the molecule is CC(C)C1CC2(C1)CC2CNC1CC1. The van der Waals surface area contributed by atoms with E-state index in [4.69, 9.17) is 0 Å². The lowest BCUT2D eigenvalue weighted by atomic mass is 9.66. The third kappa shape index (κ3) is 1.50. The molecule has 1 atom stereocenters. The van der Waals surface area contributed by atoms with Crippen LogP contribution in [0.25, 0.3) is 0 Å². The molecule has 3 saturated carbocycles. The summed E-state index contributed by atoms with van der Waals surface area (Å²) in [5.41, 5.74) is 0.844. The lowest BCUT2D eigenvalue weighted by Crippen LogP contribution is -2.33. The van der Waals surface area contributed by atoms with Crippen molar-refractivity contribution >= 4 is 0 Å². The predicted octanol–water partition coefficient (Wildman–Crippen LogP) is 2.81. The van der Waals surface area contributed by atoms with Crippen LogP contribution >= 0.6 is 0 Å². The quantitative estimate of drug-likeness (QED) is 0.724. The molecule has 3 aliphatic rings. The summed E-state index contributed by atoms with van der Waals surface area (Å²) in [7, 11) is 0. The van der Waals surface area contributed by atoms with Crippen molar-refractivity contribution in [3.8, 4) is 0 Å². The fraction of sp³-hybridized carbons (Fsp3) is 1.00. The van der Waals surface area contributed by atoms with Crippen LogP contribution in [0.3, 0.4) is 0 Å². The van der Waals surface area contributed by atoms with Crippen LogP contribution in [0.2, 0.25) is 0 Å². The van der Waals surface area contributed by atoms with E-state index in [1.807, 2.05) is 0 Å². The average Bonchev–Trinajstić information content (AvgIpc) is 2.94. The van der Waals surface area contributed by atoms with Crippen molar-refractivity contribution in [1.82, 2.24) is 5.32 Å². The van der Waals surface area contributed by atoms with E-state index in [9.17, 15) is 0 Å². The van der Waals surface area contributed by atoms with E-state index in [0.29, 0.717) is 0 Å². The van der Waals surface area contributed by atoms with Gasteiger partial charge in [0.1, 0.15) is 0 Å². The number of nitrogens with one attached hydrogen (secondary N) is 1. The third-order valence-electron chi connectivity index (χ3n) is 4.87. The Morgan fingerprint density at radius 3 is 2.50 bits per heavy atom. The molecule has 1 N–H and O–H groups in total. The minimum Gasteiger partial charge on any atom is -0.314 e. The molecule has 3 aliphatic carbocycles. The largest absolute Gasteiger partial charge is 0.314 e. The van der Waals surface area contributed by atoms with Gasteiger partial charge >= 0.3 is 0 Å². The van der Waals surface area contributed by atoms with Crippen molar-refractivity contribution in [2.24, 2.45) is 23.2 Å². The highest BCUT2D eigenvalue weighted by Crippen LogP contribution is 2.68. The molecule has 0 aromatic rings. The summed E-state index contributed by atoms with van der Waals surface area (Å²) in [4.78, 5) is 0. The maximum Gasteiger partial charge on any atom is 0.00683 e. The van der Waals surface area contributed by atoms with Gasteiger partial charge in [0.25, 0.3) is 0 Å². The van der Waals surface area contributed by atoms with E-state index >= 15 is 0 Å². The maximum atomic E-state index is 3.69. The smallest absolute Gasteiger partial charge is 0.00683 e. The minimum atomic E-state index is 0.844. The highest BCUT2D eigenvalue weighted by atomic mass is 15.0. The van der Waals surface area contributed by atoms with Crippen molar-refractivity contribution in [2.45, 2.75) is 52.0 Å². The Kier molecular flexibility index (Phi) is 1.96. The number of hydrogen-bond donors (Lipinski definition) is 1. The number of rotatable bonds is 4. The van der Waals surface area contributed by atoms with Crippen molar-refractivity contribution in [1.29, 1.82) is 0 Å². The van der Waals surface area contributed by atoms with Crippen molar-refractivity contribution in [3.63, 3.8) is 0 Å². The van der Waals surface area contributed by atoms with E-state index in [1.54, 1.807) is 12.8 Å². The second-order valence-electron chi connectivity index (χ2n) is 6.36. The Hall–Kier alpha value is -0.0400. The Bertz CT molecular complexity index is 223. The van der Waals surface area contributed by atoms with E-state index in [0.717, 1.165) is 29.2 Å². The van der Waals surface area contributed by atoms with Gasteiger partial charge in [0.2, 0.25) is 0 Å². The van der Waals surface area contributed by atoms with Gasteiger partial charge in [0, 0.05) is 6.04 Å². The van der Waals surface area contributed by atoms with Gasteiger partial charge < -0.3 is 5.32 Å². The van der Waals surface area contributed by atoms with Crippen LogP contribution in [-0.2, 0) is 0 Å². The van der Waals surface area contributed by atoms with E-state index in [1.165, 1.54) is 25.8 Å². The monoisotopic (exact) mass is 193 g/mol. The fourth-order valence-corrected chi connectivity index (χ4v) is 3.27. The van der Waals surface area contributed by atoms with Crippen molar-refractivity contribution < 1.29 is 0 Å². The molecule has 0 aliphatic heterocycles. The van der Waals surface area contributed by atoms with Gasteiger partial charge in [-0.25, -0.2) is 0 Å². The van der Waals surface area contributed by atoms with Gasteiger partial charge in [-0.2, -0.15) is 0 Å². The molecule has 80 valence electrons. The summed E-state index contributed by atoms with van der Waals surface area (Å²) < 4.78 is 0. The molecule has 0 saturated heterocycles. The molecule has 1 spiro atoms. The summed E-state index contributed by atoms with van der Waals surface area (Å²) in [5, 5.41) is 3.69. The molecule has 3 fully saturated rings. The molecule has 0 bridgehead atoms. The maximum absolute atomic E-state index is 3.69. The third-order valence-corrected chi connectivity index (χ3v) is 4.87. The first-order valence-electron chi connectivity index (χ1n) is 6.43. The molecule has 1 heteroatoms. The van der Waals surface area contributed by atoms with Gasteiger partial charge in [-0.3, -0.25) is 0 Å². The zero-order chi connectivity index (χ0) is 9.76. The molecular formula is C13H23N. The van der Waals surface area contributed by atoms with E-state index in [-0.39, 0.29) is 0 Å². The van der Waals surface area contributed by atoms with Crippen LogP contribution in [0, 0.1) is 23.2 Å². The highest BCUT2D eigenvalue weighted by Gasteiger charge is 2.61. The number of hydrogen-bond acceptors (Lipinski definition) is 1. The van der Waals surface area contributed by atoms with Gasteiger partial charge in [0.05, 0.1) is 0 Å². The summed E-state index contributed by atoms with van der Waals surface area (Å²) in [6, 6.07) is 0.911. The highest BCUT2D eigenvalue weighted by molar-refractivity contribution is 5.11. The Morgan fingerprint density at radius 1 is 1.21 bits per heavy atom. The van der Waals surface area contributed by atoms with Crippen LogP contribution in [-0.4, -0.2) is 12.6 Å². The van der Waals surface area contributed by atoms with Crippen molar-refractivity contribution in [2.75, 3.05) is 6.54 Å². The van der Waals surface area contributed by atoms with Crippen molar-refractivity contribution in [3.05, 3.63) is 0 Å². The zero-order valence-electron chi connectivity index (χ0n) is 9.55. The van der Waals surface area contributed by atoms with E-state index in [2.05, 4.69) is 19.2 Å². The zero-order valence-corrected chi connectivity index (χ0v) is 9.55. The molecule has 0 aromatic carbocycles. The molecule has 14 heavy (non-hydrogen) atoms. The predicted molar refractivity (Wildman–Crippen MR) is 59.1 cm³/mol. The lowest BCUT2D eigenvalue weighted by molar-refractivity contribution is 0.105. The normalized spacial score (nSPS) is 45.6. The average molecular weight is 193 g/mol. The summed E-state index contributed by atoms with van der Waals surface area (Å²) in [5.74, 6) is 3.04. The Labute approximate surface area is 87.7 Å². The second-order valence-corrected chi connectivity index (χ2v) is 6.36. The summed E-state index contributed by atoms with van der Waals surface area (Å²) in [6.45, 7) is 6.10. The first-order chi connectivity index (χ1) is 6.70. The molecule has 3 rings (SSSR count). The van der Waals surface area contributed by atoms with Crippen LogP contribution in [0.4, 0.5) is 0 Å². The minimum absolute atomic E-state index is 0.844.